The van der Waals surface area contributed by atoms with Crippen molar-refractivity contribution in [3.63, 3.8) is 0 Å². The van der Waals surface area contributed by atoms with Gasteiger partial charge in [-0.15, -0.1) is 0 Å². The number of aromatic nitrogens is 4. The second kappa shape index (κ2) is 12.5. The Morgan fingerprint density at radius 2 is 1.67 bits per heavy atom. The number of nitrogens with zero attached hydrogens (tertiary/aromatic N) is 4. The highest BCUT2D eigenvalue weighted by Gasteiger charge is 2.34. The first-order valence-electron chi connectivity index (χ1n) is 14.4. The van der Waals surface area contributed by atoms with Gasteiger partial charge in [-0.1, -0.05) is 42.8 Å². The van der Waals surface area contributed by atoms with Gasteiger partial charge in [0.25, 0.3) is 10.0 Å². The molecule has 0 aliphatic rings. The molecule has 0 radical (unpaired) electrons. The highest BCUT2D eigenvalue weighted by atomic mass is 35.5. The van der Waals surface area contributed by atoms with E-state index < -0.39 is 27.4 Å². The lowest BCUT2D eigenvalue weighted by atomic mass is 9.97. The third-order valence-corrected chi connectivity index (χ3v) is 9.16. The van der Waals surface area contributed by atoms with Crippen molar-refractivity contribution < 1.29 is 27.5 Å². The number of rotatable bonds is 9. The summed E-state index contributed by atoms with van der Waals surface area (Å²) >= 11 is 6.43. The van der Waals surface area contributed by atoms with Gasteiger partial charge in [0.2, 0.25) is 0 Å². The lowest BCUT2D eigenvalue weighted by molar-refractivity contribution is -0.156. The molecule has 0 amide bonds. The molecule has 5 aromatic rings. The van der Waals surface area contributed by atoms with Crippen molar-refractivity contribution in [1.82, 2.24) is 18.5 Å². The molecule has 0 unspecified atom stereocenters. The smallest absolute Gasteiger partial charge is 0.356 e. The van der Waals surface area contributed by atoms with Crippen molar-refractivity contribution in [3.05, 3.63) is 89.5 Å². The number of carbonyl (C=O) groups is 2. The van der Waals surface area contributed by atoms with E-state index in [2.05, 4.69) is 9.97 Å². The van der Waals surface area contributed by atoms with Crippen LogP contribution in [0.4, 0.5) is 0 Å². The topological polar surface area (TPSA) is 122 Å². The van der Waals surface area contributed by atoms with Crippen molar-refractivity contribution in [2.45, 2.75) is 52.7 Å². The number of benzene rings is 2. The Bertz CT molecular complexity index is 2010. The van der Waals surface area contributed by atoms with E-state index in [1.165, 1.54) is 18.5 Å². The Kier molecular flexibility index (Phi) is 8.86. The minimum Gasteiger partial charge on any atom is -0.461 e. The summed E-state index contributed by atoms with van der Waals surface area (Å²) in [7, 11) is -4.38. The summed E-state index contributed by atoms with van der Waals surface area (Å²) in [5.41, 5.74) is 1.66. The van der Waals surface area contributed by atoms with Crippen LogP contribution in [0.15, 0.2) is 78.1 Å². The molecule has 5 rings (SSSR count). The first kappa shape index (κ1) is 31.9. The fourth-order valence-corrected chi connectivity index (χ4v) is 6.66. The van der Waals surface area contributed by atoms with Crippen LogP contribution in [-0.2, 0) is 37.4 Å². The quantitative estimate of drug-likeness (QED) is 0.161. The van der Waals surface area contributed by atoms with Crippen LogP contribution in [0.25, 0.3) is 33.5 Å². The molecule has 0 N–H and O–H groups in total. The van der Waals surface area contributed by atoms with Gasteiger partial charge in [-0.2, -0.15) is 0 Å². The summed E-state index contributed by atoms with van der Waals surface area (Å²) in [5.74, 6) is -1.21. The molecule has 0 aliphatic heterocycles. The summed E-state index contributed by atoms with van der Waals surface area (Å²) in [6, 6.07) is 16.5. The fraction of sp³-hybridized carbons (Fsp3) is 0.273. The highest BCUT2D eigenvalue weighted by molar-refractivity contribution is 7.90. The first-order valence-corrected chi connectivity index (χ1v) is 16.2. The largest absolute Gasteiger partial charge is 0.461 e. The van der Waals surface area contributed by atoms with E-state index in [0.717, 1.165) is 9.54 Å². The number of ether oxygens (including phenoxy) is 2. The van der Waals surface area contributed by atoms with Gasteiger partial charge in [-0.05, 0) is 81.6 Å². The number of hydrogen-bond acceptors (Lipinski definition) is 8. The molecule has 0 aliphatic carbocycles. The van der Waals surface area contributed by atoms with Gasteiger partial charge in [-0.3, -0.25) is 9.36 Å². The van der Waals surface area contributed by atoms with Gasteiger partial charge in [-0.25, -0.2) is 27.2 Å². The third-order valence-electron chi connectivity index (χ3n) is 7.20. The van der Waals surface area contributed by atoms with Crippen LogP contribution in [0.1, 0.15) is 50.7 Å². The van der Waals surface area contributed by atoms with E-state index in [-0.39, 0.29) is 35.3 Å². The Hall–Kier alpha value is -4.48. The lowest BCUT2D eigenvalue weighted by Crippen LogP contribution is -2.24. The van der Waals surface area contributed by atoms with E-state index in [0.29, 0.717) is 33.6 Å². The lowest BCUT2D eigenvalue weighted by Gasteiger charge is -2.17. The van der Waals surface area contributed by atoms with Crippen LogP contribution in [0.3, 0.4) is 0 Å². The predicted molar refractivity (Wildman–Crippen MR) is 171 cm³/mol. The zero-order valence-corrected chi connectivity index (χ0v) is 27.1. The maximum Gasteiger partial charge on any atom is 0.356 e. The second-order valence-electron chi connectivity index (χ2n) is 11.3. The number of fused-ring (bicyclic) bond motifs is 1. The maximum atomic E-state index is 14.5. The molecule has 3 heterocycles. The van der Waals surface area contributed by atoms with Gasteiger partial charge in [0.1, 0.15) is 17.7 Å². The van der Waals surface area contributed by atoms with E-state index in [9.17, 15) is 18.0 Å². The predicted octanol–water partition coefficient (Wildman–Crippen LogP) is 6.74. The standard InChI is InChI=1S/C33H33ClN4O6S/c1-6-21-13-14-22(34)17-25(21)26-18-27(38(29(26)31(39)43-7-2)45(41,42)23-11-9-8-10-12-23)28-24-15-16-37(30(24)36-19-35-28)20-44-32(40)33(3,4)5/h8-19H,6-7,20H2,1-5H3. The van der Waals surface area contributed by atoms with Gasteiger partial charge in [0.15, 0.2) is 12.4 Å². The van der Waals surface area contributed by atoms with E-state index in [1.54, 1.807) is 80.9 Å². The summed E-state index contributed by atoms with van der Waals surface area (Å²) in [4.78, 5) is 35.1. The Balaban J connectivity index is 1.83. The molecule has 0 fully saturated rings. The van der Waals surface area contributed by atoms with Crippen molar-refractivity contribution in [1.29, 1.82) is 0 Å². The molecule has 234 valence electrons. The van der Waals surface area contributed by atoms with Crippen LogP contribution >= 0.6 is 11.6 Å². The molecule has 0 atom stereocenters. The summed E-state index contributed by atoms with van der Waals surface area (Å²) in [6.07, 6.45) is 3.57. The first-order chi connectivity index (χ1) is 21.4. The van der Waals surface area contributed by atoms with Crippen LogP contribution in [0.2, 0.25) is 5.02 Å². The number of aryl methyl sites for hydroxylation is 1. The normalized spacial score (nSPS) is 12.0. The molecule has 0 saturated carbocycles. The number of esters is 2. The second-order valence-corrected chi connectivity index (χ2v) is 13.5. The van der Waals surface area contributed by atoms with E-state index in [1.807, 2.05) is 13.0 Å². The minimum absolute atomic E-state index is 0.0221. The molecule has 0 bridgehead atoms. The molecule has 45 heavy (non-hydrogen) atoms. The van der Waals surface area contributed by atoms with Crippen molar-refractivity contribution >= 4 is 44.6 Å². The molecule has 10 nitrogen and oxygen atoms in total. The highest BCUT2D eigenvalue weighted by Crippen LogP contribution is 2.40. The summed E-state index contributed by atoms with van der Waals surface area (Å²) in [5, 5.41) is 0.901. The van der Waals surface area contributed by atoms with Crippen LogP contribution in [0, 0.1) is 5.41 Å². The Morgan fingerprint density at radius 1 is 0.933 bits per heavy atom. The van der Waals surface area contributed by atoms with Crippen molar-refractivity contribution in [2.24, 2.45) is 5.41 Å². The molecule has 0 spiro atoms. The fourth-order valence-electron chi connectivity index (χ4n) is 4.97. The Morgan fingerprint density at radius 3 is 2.33 bits per heavy atom. The third kappa shape index (κ3) is 6.10. The molecule has 0 saturated heterocycles. The van der Waals surface area contributed by atoms with Gasteiger partial charge in [0, 0.05) is 22.2 Å². The SMILES string of the molecule is CCOC(=O)c1c(-c2cc(Cl)ccc2CC)cc(-c2ncnc3c2ccn3COC(=O)C(C)(C)C)n1S(=O)(=O)c1ccccc1. The molecule has 2 aromatic carbocycles. The zero-order chi connectivity index (χ0) is 32.5. The van der Waals surface area contributed by atoms with Gasteiger partial charge < -0.3 is 9.47 Å². The van der Waals surface area contributed by atoms with Crippen molar-refractivity contribution in [3.8, 4) is 22.5 Å². The summed E-state index contributed by atoms with van der Waals surface area (Å²) < 4.78 is 42.5. The number of hydrogen-bond donors (Lipinski definition) is 0. The van der Waals surface area contributed by atoms with E-state index in [4.69, 9.17) is 21.1 Å². The average molecular weight is 649 g/mol. The molecular formula is C33H33ClN4O6S. The molecule has 3 aromatic heterocycles. The van der Waals surface area contributed by atoms with E-state index >= 15 is 0 Å². The minimum atomic E-state index is -4.38. The van der Waals surface area contributed by atoms with Crippen LogP contribution < -0.4 is 0 Å². The summed E-state index contributed by atoms with van der Waals surface area (Å²) in [6.45, 7) is 8.79. The number of halogens is 1. The molecular weight excluding hydrogens is 616 g/mol. The van der Waals surface area contributed by atoms with Gasteiger partial charge in [0.05, 0.1) is 22.6 Å². The van der Waals surface area contributed by atoms with Crippen LogP contribution in [0.5, 0.6) is 0 Å². The zero-order valence-electron chi connectivity index (χ0n) is 25.6. The number of carbonyl (C=O) groups excluding carboxylic acids is 2. The Labute approximate surface area is 266 Å². The average Bonchev–Trinajstić information content (AvgIpc) is 3.62. The van der Waals surface area contributed by atoms with Crippen LogP contribution in [-0.4, -0.2) is 45.5 Å². The van der Waals surface area contributed by atoms with Crippen molar-refractivity contribution in [2.75, 3.05) is 6.61 Å². The monoisotopic (exact) mass is 648 g/mol. The van der Waals surface area contributed by atoms with Gasteiger partial charge >= 0.3 is 11.9 Å². The molecule has 12 heteroatoms. The maximum absolute atomic E-state index is 14.5.